The van der Waals surface area contributed by atoms with Gasteiger partial charge >= 0.3 is 0 Å². The first-order valence-corrected chi connectivity index (χ1v) is 12.2. The van der Waals surface area contributed by atoms with E-state index >= 15 is 0 Å². The van der Waals surface area contributed by atoms with Crippen molar-refractivity contribution in [2.75, 3.05) is 7.05 Å². The molecule has 2 aromatic rings. The summed E-state index contributed by atoms with van der Waals surface area (Å²) < 4.78 is 57.1. The van der Waals surface area contributed by atoms with E-state index in [9.17, 15) is 17.2 Å². The van der Waals surface area contributed by atoms with E-state index < -0.39 is 15.9 Å². The molecule has 0 bridgehead atoms. The highest BCUT2D eigenvalue weighted by atomic mass is 35.5. The van der Waals surface area contributed by atoms with Crippen LogP contribution in [0.1, 0.15) is 57.9 Å². The predicted octanol–water partition coefficient (Wildman–Crippen LogP) is 6.52. The molecule has 1 heterocycles. The summed E-state index contributed by atoms with van der Waals surface area (Å²) in [5, 5.41) is -0.0732. The number of aromatic nitrogens is 1. The van der Waals surface area contributed by atoms with Gasteiger partial charge in [-0.05, 0) is 43.3 Å². The lowest BCUT2D eigenvalue weighted by Crippen LogP contribution is -2.18. The molecule has 5 nitrogen and oxygen atoms in total. The van der Waals surface area contributed by atoms with Crippen molar-refractivity contribution in [3.63, 3.8) is 0 Å². The number of pyridine rings is 1. The molecule has 0 spiro atoms. The maximum Gasteiger partial charge on any atom is 0.272 e. The van der Waals surface area contributed by atoms with Crippen molar-refractivity contribution in [2.45, 2.75) is 63.2 Å². The first kappa shape index (κ1) is 25.5. The Hall–Kier alpha value is -1.77. The molecule has 0 radical (unpaired) electrons. The second-order valence-corrected chi connectivity index (χ2v) is 9.89. The van der Waals surface area contributed by atoms with Gasteiger partial charge in [-0.2, -0.15) is 0 Å². The molecule has 1 saturated carbocycles. The van der Waals surface area contributed by atoms with E-state index in [1.807, 2.05) is 0 Å². The normalized spacial score (nSPS) is 15.2. The summed E-state index contributed by atoms with van der Waals surface area (Å²) in [5.41, 5.74) is -0.328. The smallest absolute Gasteiger partial charge is 0.272 e. The zero-order valence-corrected chi connectivity index (χ0v) is 19.6. The van der Waals surface area contributed by atoms with Crippen molar-refractivity contribution in [1.82, 2.24) is 9.71 Å². The summed E-state index contributed by atoms with van der Waals surface area (Å²) in [6.07, 6.45) is 9.90. The van der Waals surface area contributed by atoms with Gasteiger partial charge in [-0.3, -0.25) is 0 Å². The van der Waals surface area contributed by atoms with Crippen LogP contribution in [0.15, 0.2) is 41.4 Å². The molecule has 0 atom stereocenters. The van der Waals surface area contributed by atoms with Crippen molar-refractivity contribution < 1.29 is 21.9 Å². The molecule has 1 aromatic heterocycles. The average molecular weight is 475 g/mol. The summed E-state index contributed by atoms with van der Waals surface area (Å²) >= 11 is 5.88. The van der Waals surface area contributed by atoms with Crippen LogP contribution in [0.5, 0.6) is 11.6 Å². The minimum absolute atomic E-state index is 0.0520. The van der Waals surface area contributed by atoms with Gasteiger partial charge in [0.2, 0.25) is 15.9 Å². The molecule has 9 heteroatoms. The maximum atomic E-state index is 13.2. The summed E-state index contributed by atoms with van der Waals surface area (Å²) in [6.45, 7) is 3.05. The lowest BCUT2D eigenvalue weighted by molar-refractivity contribution is 0.0171. The molecule has 0 unspecified atom stereocenters. The summed E-state index contributed by atoms with van der Waals surface area (Å²) in [4.78, 5) is 3.82. The number of nitrogens with zero attached hydrogens (tertiary/aromatic N) is 1. The van der Waals surface area contributed by atoms with E-state index in [2.05, 4.69) is 16.6 Å². The Morgan fingerprint density at radius 1 is 1.19 bits per heavy atom. The quantitative estimate of drug-likeness (QED) is 0.517. The minimum Gasteiger partial charge on any atom is -0.438 e. The number of rotatable bonds is 6. The van der Waals surface area contributed by atoms with E-state index in [1.165, 1.54) is 69.8 Å². The molecule has 1 aromatic carbocycles. The van der Waals surface area contributed by atoms with Crippen LogP contribution in [0.2, 0.25) is 5.02 Å². The Bertz CT molecular complexity index is 942. The summed E-state index contributed by atoms with van der Waals surface area (Å²) in [7, 11) is -2.25. The number of ether oxygens (including phenoxy) is 1. The fraction of sp³-hybridized carbons (Fsp3) is 0.500. The van der Waals surface area contributed by atoms with Crippen LogP contribution >= 0.6 is 11.6 Å². The topological polar surface area (TPSA) is 68.3 Å². The van der Waals surface area contributed by atoms with Gasteiger partial charge in [0, 0.05) is 18.7 Å². The Morgan fingerprint density at radius 2 is 1.81 bits per heavy atom. The monoisotopic (exact) mass is 474 g/mol. The highest BCUT2D eigenvalue weighted by Crippen LogP contribution is 2.33. The fourth-order valence-corrected chi connectivity index (χ4v) is 4.19. The molecule has 1 N–H and O–H groups in total. The van der Waals surface area contributed by atoms with Gasteiger partial charge in [-0.1, -0.05) is 57.0 Å². The van der Waals surface area contributed by atoms with Crippen molar-refractivity contribution in [3.05, 3.63) is 47.1 Å². The Labute approximate surface area is 188 Å². The Balaban J connectivity index is 0.000000357. The second kappa shape index (κ2) is 11.2. The van der Waals surface area contributed by atoms with E-state index in [-0.39, 0.29) is 27.1 Å². The SMILES string of the molecule is CCC1CCCCC1.CNS(=O)(=O)c1ccc(Oc2ncc(C(C)(F)F)cc2Cl)cc1. The molecular weight excluding hydrogens is 446 g/mol. The molecule has 0 saturated heterocycles. The standard InChI is InChI=1S/C14H13ClF2N2O3S.C8H16/c1-14(16,17)9-7-12(15)13(19-8-9)22-10-3-5-11(6-4-10)23(20,21)18-2;1-2-8-6-4-3-5-7-8/h3-8,18H,1-2H3;8H,2-7H2,1H3. The lowest BCUT2D eigenvalue weighted by Gasteiger charge is -2.18. The van der Waals surface area contributed by atoms with Gasteiger partial charge in [0.15, 0.2) is 0 Å². The molecule has 1 aliphatic carbocycles. The first-order chi connectivity index (χ1) is 14.6. The van der Waals surface area contributed by atoms with E-state index in [1.54, 1.807) is 0 Å². The van der Waals surface area contributed by atoms with Crippen LogP contribution in [0.25, 0.3) is 0 Å². The third-order valence-electron chi connectivity index (χ3n) is 5.23. The minimum atomic E-state index is -3.55. The van der Waals surface area contributed by atoms with Crippen molar-refractivity contribution in [3.8, 4) is 11.6 Å². The Kier molecular flexibility index (Phi) is 9.21. The van der Waals surface area contributed by atoms with Gasteiger partial charge in [-0.15, -0.1) is 0 Å². The second-order valence-electron chi connectivity index (χ2n) is 7.59. The number of sulfonamides is 1. The molecule has 1 fully saturated rings. The van der Waals surface area contributed by atoms with Crippen LogP contribution in [0.3, 0.4) is 0 Å². The van der Waals surface area contributed by atoms with E-state index in [4.69, 9.17) is 16.3 Å². The lowest BCUT2D eigenvalue weighted by atomic mass is 9.88. The molecular formula is C22H29ClF2N2O3S. The molecule has 0 amide bonds. The van der Waals surface area contributed by atoms with Crippen LogP contribution in [0.4, 0.5) is 8.78 Å². The Morgan fingerprint density at radius 3 is 2.26 bits per heavy atom. The number of benzene rings is 1. The number of alkyl halides is 2. The van der Waals surface area contributed by atoms with Crippen LogP contribution in [-0.4, -0.2) is 20.4 Å². The number of hydrogen-bond acceptors (Lipinski definition) is 4. The highest BCUT2D eigenvalue weighted by molar-refractivity contribution is 7.89. The first-order valence-electron chi connectivity index (χ1n) is 10.3. The van der Waals surface area contributed by atoms with Crippen molar-refractivity contribution in [1.29, 1.82) is 0 Å². The van der Waals surface area contributed by atoms with E-state index in [0.29, 0.717) is 0 Å². The van der Waals surface area contributed by atoms with Crippen LogP contribution in [-0.2, 0) is 15.9 Å². The molecule has 0 aliphatic heterocycles. The largest absolute Gasteiger partial charge is 0.438 e. The molecule has 172 valence electrons. The van der Waals surface area contributed by atoms with Gasteiger partial charge in [-0.25, -0.2) is 26.9 Å². The van der Waals surface area contributed by atoms with Gasteiger partial charge < -0.3 is 4.74 Å². The predicted molar refractivity (Wildman–Crippen MR) is 118 cm³/mol. The van der Waals surface area contributed by atoms with Crippen molar-refractivity contribution >= 4 is 21.6 Å². The van der Waals surface area contributed by atoms with Crippen LogP contribution in [0, 0.1) is 5.92 Å². The molecule has 31 heavy (non-hydrogen) atoms. The van der Waals surface area contributed by atoms with Gasteiger partial charge in [0.1, 0.15) is 10.8 Å². The van der Waals surface area contributed by atoms with E-state index in [0.717, 1.165) is 25.1 Å². The number of nitrogens with one attached hydrogen (secondary N) is 1. The summed E-state index contributed by atoms with van der Waals surface area (Å²) in [5.74, 6) is -1.75. The molecule has 3 rings (SSSR count). The average Bonchev–Trinajstić information content (AvgIpc) is 2.76. The van der Waals surface area contributed by atoms with Gasteiger partial charge in [0.05, 0.1) is 4.90 Å². The maximum absolute atomic E-state index is 13.2. The van der Waals surface area contributed by atoms with Crippen molar-refractivity contribution in [2.24, 2.45) is 5.92 Å². The molecule has 1 aliphatic rings. The third-order valence-corrected chi connectivity index (χ3v) is 6.93. The van der Waals surface area contributed by atoms with Gasteiger partial charge in [0.25, 0.3) is 5.92 Å². The zero-order chi connectivity index (χ0) is 23.1. The third kappa shape index (κ3) is 7.70. The van der Waals surface area contributed by atoms with Crippen LogP contribution < -0.4 is 9.46 Å². The zero-order valence-electron chi connectivity index (χ0n) is 18.0. The number of hydrogen-bond donors (Lipinski definition) is 1. The fourth-order valence-electron chi connectivity index (χ4n) is 3.25. The number of halogens is 3. The highest BCUT2D eigenvalue weighted by Gasteiger charge is 2.26. The summed E-state index contributed by atoms with van der Waals surface area (Å²) in [6, 6.07) is 6.56.